The van der Waals surface area contributed by atoms with Crippen molar-refractivity contribution in [3.63, 3.8) is 0 Å². The highest BCUT2D eigenvalue weighted by molar-refractivity contribution is 5.97. The Kier molecular flexibility index (Phi) is 7.08. The second-order valence-electron chi connectivity index (χ2n) is 5.97. The first-order valence-corrected chi connectivity index (χ1v) is 8.27. The molecule has 0 bridgehead atoms. The van der Waals surface area contributed by atoms with Gasteiger partial charge in [-0.2, -0.15) is 0 Å². The third-order valence-corrected chi connectivity index (χ3v) is 3.84. The van der Waals surface area contributed by atoms with Gasteiger partial charge in [0.1, 0.15) is 6.04 Å². The molecule has 6 N–H and O–H groups in total. The van der Waals surface area contributed by atoms with Crippen LogP contribution < -0.4 is 16.5 Å². The van der Waals surface area contributed by atoms with E-state index in [0.29, 0.717) is 5.56 Å². The minimum absolute atomic E-state index is 0.0129. The summed E-state index contributed by atoms with van der Waals surface area (Å²) in [5, 5.41) is 20.2. The standard InChI is InChI=1S/C20H21N3O4/c1-13(21)18(20(26)23-27)22-19(25)17-10-8-15(9-11-17)3-2-14-4-6-16(12-24)7-5-14/h4-11,13,18,24,27H,12,21H2,1H3,(H,22,25)(H,23,26)/t13-,18+/m1/s1. The molecular formula is C20H21N3O4. The normalized spacial score (nSPS) is 12.3. The summed E-state index contributed by atoms with van der Waals surface area (Å²) in [4.78, 5) is 23.8. The van der Waals surface area contributed by atoms with Gasteiger partial charge in [0.05, 0.1) is 6.61 Å². The van der Waals surface area contributed by atoms with Crippen LogP contribution in [0.4, 0.5) is 0 Å². The molecule has 2 amide bonds. The fourth-order valence-corrected chi connectivity index (χ4v) is 2.27. The van der Waals surface area contributed by atoms with Gasteiger partial charge in [-0.1, -0.05) is 24.0 Å². The predicted octanol–water partition coefficient (Wildman–Crippen LogP) is 0.530. The van der Waals surface area contributed by atoms with Crippen molar-refractivity contribution in [3.8, 4) is 11.8 Å². The summed E-state index contributed by atoms with van der Waals surface area (Å²) in [6, 6.07) is 12.1. The van der Waals surface area contributed by atoms with Crippen LogP contribution in [0.2, 0.25) is 0 Å². The molecule has 0 aromatic heterocycles. The molecule has 2 aromatic carbocycles. The third-order valence-electron chi connectivity index (χ3n) is 3.84. The number of carbonyl (C=O) groups is 2. The van der Waals surface area contributed by atoms with Crippen LogP contribution in [0.15, 0.2) is 48.5 Å². The fourth-order valence-electron chi connectivity index (χ4n) is 2.27. The van der Waals surface area contributed by atoms with Crippen molar-refractivity contribution in [1.82, 2.24) is 10.8 Å². The van der Waals surface area contributed by atoms with Gasteiger partial charge < -0.3 is 16.2 Å². The Morgan fingerprint density at radius 1 is 1.04 bits per heavy atom. The SMILES string of the molecule is C[C@@H](N)[C@H](NC(=O)c1ccc(C#Cc2ccc(CO)cc2)cc1)C(=O)NO. The number of hydrogen-bond donors (Lipinski definition) is 5. The van der Waals surface area contributed by atoms with Crippen LogP contribution in [0.1, 0.15) is 34.0 Å². The Morgan fingerprint density at radius 2 is 1.56 bits per heavy atom. The van der Waals surface area contributed by atoms with Crippen LogP contribution in [-0.2, 0) is 11.4 Å². The Morgan fingerprint density at radius 3 is 2.00 bits per heavy atom. The number of nitrogens with one attached hydrogen (secondary N) is 2. The monoisotopic (exact) mass is 367 g/mol. The number of carbonyl (C=O) groups excluding carboxylic acids is 2. The fraction of sp³-hybridized carbons (Fsp3) is 0.200. The van der Waals surface area contributed by atoms with Gasteiger partial charge in [0.15, 0.2) is 0 Å². The van der Waals surface area contributed by atoms with Gasteiger partial charge in [0, 0.05) is 22.7 Å². The molecule has 27 heavy (non-hydrogen) atoms. The first-order valence-electron chi connectivity index (χ1n) is 8.27. The maximum absolute atomic E-state index is 12.2. The first kappa shape index (κ1) is 20.1. The van der Waals surface area contributed by atoms with Crippen molar-refractivity contribution in [1.29, 1.82) is 0 Å². The molecule has 7 heteroatoms. The number of rotatable bonds is 5. The first-order chi connectivity index (χ1) is 12.9. The van der Waals surface area contributed by atoms with Gasteiger partial charge in [-0.25, -0.2) is 5.48 Å². The van der Waals surface area contributed by atoms with Gasteiger partial charge in [-0.05, 0) is 48.9 Å². The van der Waals surface area contributed by atoms with E-state index in [1.165, 1.54) is 5.48 Å². The van der Waals surface area contributed by atoms with E-state index < -0.39 is 23.9 Å². The topological polar surface area (TPSA) is 125 Å². The highest BCUT2D eigenvalue weighted by atomic mass is 16.5. The summed E-state index contributed by atoms with van der Waals surface area (Å²) in [6.07, 6.45) is 0. The van der Waals surface area contributed by atoms with E-state index in [2.05, 4.69) is 17.2 Å². The highest BCUT2D eigenvalue weighted by Crippen LogP contribution is 2.06. The molecule has 0 aliphatic rings. The number of benzene rings is 2. The quantitative estimate of drug-likeness (QED) is 0.300. The number of nitrogens with two attached hydrogens (primary N) is 1. The summed E-state index contributed by atoms with van der Waals surface area (Å²) >= 11 is 0. The molecule has 2 atom stereocenters. The minimum Gasteiger partial charge on any atom is -0.392 e. The summed E-state index contributed by atoms with van der Waals surface area (Å²) in [5.41, 5.74) is 9.82. The third kappa shape index (κ3) is 5.66. The summed E-state index contributed by atoms with van der Waals surface area (Å²) < 4.78 is 0. The number of aliphatic hydroxyl groups is 1. The lowest BCUT2D eigenvalue weighted by Gasteiger charge is -2.20. The average molecular weight is 367 g/mol. The van der Waals surface area contributed by atoms with Crippen molar-refractivity contribution in [2.45, 2.75) is 25.6 Å². The lowest BCUT2D eigenvalue weighted by Crippen LogP contribution is -2.54. The second-order valence-corrected chi connectivity index (χ2v) is 5.97. The van der Waals surface area contributed by atoms with Crippen LogP contribution in [0.25, 0.3) is 0 Å². The summed E-state index contributed by atoms with van der Waals surface area (Å²) in [5.74, 6) is 4.72. The molecular weight excluding hydrogens is 346 g/mol. The lowest BCUT2D eigenvalue weighted by atomic mass is 10.1. The van der Waals surface area contributed by atoms with Gasteiger partial charge in [-0.15, -0.1) is 0 Å². The Bertz CT molecular complexity index is 850. The van der Waals surface area contributed by atoms with E-state index in [0.717, 1.165) is 16.7 Å². The zero-order valence-electron chi connectivity index (χ0n) is 14.8. The Labute approximate surface area is 157 Å². The minimum atomic E-state index is -1.05. The van der Waals surface area contributed by atoms with Crippen molar-refractivity contribution in [2.24, 2.45) is 5.73 Å². The maximum atomic E-state index is 12.2. The van der Waals surface area contributed by atoms with Gasteiger partial charge in [0.2, 0.25) is 0 Å². The molecule has 0 heterocycles. The molecule has 0 fully saturated rings. The number of aliphatic hydroxyl groups excluding tert-OH is 1. The van der Waals surface area contributed by atoms with E-state index in [1.807, 2.05) is 12.1 Å². The number of amides is 2. The molecule has 0 radical (unpaired) electrons. The molecule has 2 rings (SSSR count). The lowest BCUT2D eigenvalue weighted by molar-refractivity contribution is -0.131. The van der Waals surface area contributed by atoms with Crippen molar-refractivity contribution < 1.29 is 19.9 Å². The van der Waals surface area contributed by atoms with Gasteiger partial charge in [-0.3, -0.25) is 14.8 Å². The Hall–Kier alpha value is -3.18. The molecule has 0 spiro atoms. The number of hydrogen-bond acceptors (Lipinski definition) is 5. The maximum Gasteiger partial charge on any atom is 0.267 e. The average Bonchev–Trinajstić information content (AvgIpc) is 2.70. The van der Waals surface area contributed by atoms with E-state index in [1.54, 1.807) is 43.3 Å². The van der Waals surface area contributed by atoms with E-state index in [4.69, 9.17) is 16.0 Å². The van der Waals surface area contributed by atoms with E-state index in [9.17, 15) is 9.59 Å². The zero-order valence-corrected chi connectivity index (χ0v) is 14.8. The largest absolute Gasteiger partial charge is 0.392 e. The van der Waals surface area contributed by atoms with E-state index >= 15 is 0 Å². The smallest absolute Gasteiger partial charge is 0.267 e. The molecule has 0 saturated heterocycles. The second kappa shape index (κ2) is 9.50. The molecule has 0 saturated carbocycles. The molecule has 0 aliphatic carbocycles. The summed E-state index contributed by atoms with van der Waals surface area (Å²) in [7, 11) is 0. The van der Waals surface area contributed by atoms with Gasteiger partial charge >= 0.3 is 0 Å². The predicted molar refractivity (Wildman–Crippen MR) is 99.6 cm³/mol. The molecule has 0 unspecified atom stereocenters. The Balaban J connectivity index is 2.07. The van der Waals surface area contributed by atoms with Crippen LogP contribution >= 0.6 is 0 Å². The van der Waals surface area contributed by atoms with Crippen LogP contribution in [0.5, 0.6) is 0 Å². The molecule has 0 aliphatic heterocycles. The van der Waals surface area contributed by atoms with Crippen molar-refractivity contribution in [2.75, 3.05) is 0 Å². The molecule has 2 aromatic rings. The van der Waals surface area contributed by atoms with Crippen LogP contribution in [0, 0.1) is 11.8 Å². The van der Waals surface area contributed by atoms with E-state index in [-0.39, 0.29) is 6.61 Å². The van der Waals surface area contributed by atoms with Crippen molar-refractivity contribution >= 4 is 11.8 Å². The van der Waals surface area contributed by atoms with Gasteiger partial charge in [0.25, 0.3) is 11.8 Å². The van der Waals surface area contributed by atoms with Crippen LogP contribution in [0.3, 0.4) is 0 Å². The molecule has 7 nitrogen and oxygen atoms in total. The highest BCUT2D eigenvalue weighted by Gasteiger charge is 2.24. The number of hydroxylamine groups is 1. The zero-order chi connectivity index (χ0) is 19.8. The summed E-state index contributed by atoms with van der Waals surface area (Å²) in [6.45, 7) is 1.53. The molecule has 140 valence electrons. The van der Waals surface area contributed by atoms with Crippen molar-refractivity contribution in [3.05, 3.63) is 70.8 Å². The van der Waals surface area contributed by atoms with Crippen LogP contribution in [-0.4, -0.2) is 34.2 Å².